The van der Waals surface area contributed by atoms with E-state index in [1.165, 1.54) is 87.6 Å². The largest absolute Gasteiger partial charge is 0.310 e. The molecule has 0 spiro atoms. The molecule has 0 saturated carbocycles. The molecule has 0 radical (unpaired) electrons. The van der Waals surface area contributed by atoms with Crippen molar-refractivity contribution in [1.82, 2.24) is 18.3 Å². The Morgan fingerprint density at radius 3 is 0.496 bits per heavy atom. The molecule has 4 aromatic heterocycles. The van der Waals surface area contributed by atoms with Gasteiger partial charge in [0.1, 0.15) is 0 Å². The van der Waals surface area contributed by atoms with Crippen molar-refractivity contribution in [3.63, 3.8) is 0 Å². The third kappa shape index (κ3) is 14.0. The maximum atomic E-state index is 15.8. The van der Waals surface area contributed by atoms with E-state index in [2.05, 4.69) is 440 Å². The monoisotopic (exact) mass is 1740 g/mol. The lowest BCUT2D eigenvalue weighted by atomic mass is 9.73. The average molecular weight is 1740 g/mol. The Morgan fingerprint density at radius 1 is 0.191 bits per heavy atom. The number of hydrogen-bond donors (Lipinski definition) is 0. The zero-order valence-electron chi connectivity index (χ0n) is 82.3. The minimum Gasteiger partial charge on any atom is -0.310 e. The quantitative estimate of drug-likeness (QED) is 0.152. The molecule has 0 bridgehead atoms. The number of anilines is 6. The maximum Gasteiger partial charge on any atom is 0.206 e. The second kappa shape index (κ2) is 28.9. The van der Waals surface area contributed by atoms with Crippen LogP contribution in [-0.4, -0.2) is 26.7 Å². The van der Waals surface area contributed by atoms with Gasteiger partial charge < -0.3 is 28.1 Å². The van der Waals surface area contributed by atoms with Crippen LogP contribution in [0, 0.1) is 0 Å². The number of fused-ring (bicyclic) bond motifs is 16. The second-order valence-corrected chi connectivity index (χ2v) is 49.4. The SMILES string of the molecule is CC(C)(C)c1ccc2c(c1)c1cc(C(C)(C)C)ccc1n2-c1ccc2c(c1)C(C)(C)c1cc(-n3c4ccc(C(C)(C)C)cc4c4cc(C(C)(C)C)ccc43)ccc1N2c1ccc(S(=O)(=O)c2ccc(N3c4ccc(-n5c6ccc(C(C)(C)C)cc6c6cc(C(C)(C)C)ccc65)cc4C(C)(C)c4cc(-n5c6ccc(C(C)(C)C)cc6c6cc(C(C)(C)C)ccc65)ccc43)cc2)cc1. The van der Waals surface area contributed by atoms with Crippen LogP contribution in [0.3, 0.4) is 0 Å². The first-order chi connectivity index (χ1) is 61.2. The number of nitrogens with zero attached hydrogens (tertiary/aromatic N) is 6. The van der Waals surface area contributed by atoms with Crippen LogP contribution in [0.2, 0.25) is 0 Å². The summed E-state index contributed by atoms with van der Waals surface area (Å²) in [6, 6.07) is 100. The summed E-state index contributed by atoms with van der Waals surface area (Å²) in [6.45, 7) is 64.8. The molecule has 0 saturated heterocycles. The molecule has 0 N–H and O–H groups in total. The molecule has 14 aromatic carbocycles. The van der Waals surface area contributed by atoms with Crippen molar-refractivity contribution in [2.24, 2.45) is 0 Å². The zero-order chi connectivity index (χ0) is 93.2. The van der Waals surface area contributed by atoms with E-state index in [0.29, 0.717) is 0 Å². The van der Waals surface area contributed by atoms with Gasteiger partial charge in [0.15, 0.2) is 0 Å². The zero-order valence-corrected chi connectivity index (χ0v) is 83.1. The molecule has 0 amide bonds. The average Bonchev–Trinajstić information content (AvgIpc) is 1.63. The van der Waals surface area contributed by atoms with Crippen LogP contribution >= 0.6 is 0 Å². The Morgan fingerprint density at radius 2 is 0.344 bits per heavy atom. The fourth-order valence-corrected chi connectivity index (χ4v) is 22.4. The van der Waals surface area contributed by atoms with Crippen molar-refractivity contribution in [1.29, 1.82) is 0 Å². The number of sulfone groups is 1. The van der Waals surface area contributed by atoms with E-state index in [0.717, 1.165) is 123 Å². The lowest BCUT2D eigenvalue weighted by molar-refractivity contribution is 0.590. The maximum absolute atomic E-state index is 15.8. The molecule has 0 fully saturated rings. The Bertz CT molecular complexity index is 6810. The van der Waals surface area contributed by atoms with E-state index >= 15 is 8.42 Å². The Kier molecular flexibility index (Phi) is 19.2. The van der Waals surface area contributed by atoms with E-state index in [1.54, 1.807) is 0 Å². The predicted molar refractivity (Wildman–Crippen MR) is 559 cm³/mol. The summed E-state index contributed by atoms with van der Waals surface area (Å²) < 4.78 is 41.5. The fraction of sp³-hybridized carbons (Fsp3) is 0.311. The van der Waals surface area contributed by atoms with Gasteiger partial charge >= 0.3 is 0 Å². The molecule has 0 atom stereocenters. The second-order valence-electron chi connectivity index (χ2n) is 47.4. The highest BCUT2D eigenvalue weighted by molar-refractivity contribution is 7.91. The van der Waals surface area contributed by atoms with E-state index in [4.69, 9.17) is 0 Å². The normalized spacial score (nSPS) is 14.7. The molecule has 20 rings (SSSR count). The molecular formula is C122H128N6O2S. The predicted octanol–water partition coefficient (Wildman–Crippen LogP) is 33.5. The van der Waals surface area contributed by atoms with Gasteiger partial charge in [-0.2, -0.15) is 0 Å². The molecule has 9 heteroatoms. The van der Waals surface area contributed by atoms with E-state index in [-0.39, 0.29) is 53.1 Å². The van der Waals surface area contributed by atoms with Crippen LogP contribution in [0.5, 0.6) is 0 Å². The third-order valence-corrected chi connectivity index (χ3v) is 31.2. The fourth-order valence-electron chi connectivity index (χ4n) is 21.2. The third-order valence-electron chi connectivity index (χ3n) is 29.4. The smallest absolute Gasteiger partial charge is 0.206 e. The number of rotatable bonds is 8. The molecule has 8 nitrogen and oxygen atoms in total. The Hall–Kier alpha value is -12.2. The van der Waals surface area contributed by atoms with Gasteiger partial charge in [0.2, 0.25) is 9.84 Å². The van der Waals surface area contributed by atoms with Crippen LogP contribution in [0.4, 0.5) is 34.1 Å². The van der Waals surface area contributed by atoms with Crippen LogP contribution in [0.1, 0.15) is 261 Å². The molecule has 0 aliphatic carbocycles. The van der Waals surface area contributed by atoms with Crippen LogP contribution in [-0.2, 0) is 64.0 Å². The summed E-state index contributed by atoms with van der Waals surface area (Å²) in [7, 11) is -4.12. The van der Waals surface area contributed by atoms with Gasteiger partial charge in [-0.15, -0.1) is 0 Å². The summed E-state index contributed by atoms with van der Waals surface area (Å²) in [5.74, 6) is 0. The molecule has 664 valence electrons. The van der Waals surface area contributed by atoms with E-state index < -0.39 is 20.7 Å². The molecule has 2 aliphatic heterocycles. The molecule has 2 aliphatic rings. The molecule has 131 heavy (non-hydrogen) atoms. The van der Waals surface area contributed by atoms with Crippen molar-refractivity contribution >= 4 is 131 Å². The molecule has 18 aromatic rings. The first-order valence-corrected chi connectivity index (χ1v) is 48.7. The minimum atomic E-state index is -4.12. The number of aromatic nitrogens is 4. The van der Waals surface area contributed by atoms with E-state index in [9.17, 15) is 0 Å². The van der Waals surface area contributed by atoms with Crippen molar-refractivity contribution in [3.05, 3.63) is 334 Å². The van der Waals surface area contributed by atoms with Crippen molar-refractivity contribution < 1.29 is 8.42 Å². The summed E-state index contributed by atoms with van der Waals surface area (Å²) in [4.78, 5) is 5.16. The lowest BCUT2D eigenvalue weighted by Gasteiger charge is -2.42. The highest BCUT2D eigenvalue weighted by atomic mass is 32.2. The summed E-state index contributed by atoms with van der Waals surface area (Å²) in [6.07, 6.45) is 0. The molecule has 6 heterocycles. The first-order valence-electron chi connectivity index (χ1n) is 47.3. The standard InChI is InChI=1S/C122H128N6O2S/c1-113(2,3)73-29-49-101-89(61-73)90-62-74(114(4,5)6)30-50-102(90)125(101)83-41-57-109-97(69-83)121(25,26)98-70-84(126-103-51-31-75(115(7,8)9)63-91(103)92-64-76(116(10,11)12)32-52-104(92)126)42-58-110(98)123(109)81-37-45-87(46-38-81)131(129,130)88-47-39-82(40-48-88)124-111-59-43-85(127-105-53-33-77(117(13,14)15)65-93(105)94-66-78(118(16,17)18)34-54-106(94)127)71-99(111)122(27,28)100-72-86(44-60-112(100)124)128-107-55-35-79(119(19,20)21)67-95(107)96-68-80(120(22,23)24)36-56-108(96)128/h29-72H,1-28H3. The van der Waals surface area contributed by atoms with Gasteiger partial charge in [0, 0.05) is 88.0 Å². The topological polar surface area (TPSA) is 60.3 Å². The van der Waals surface area contributed by atoms with Gasteiger partial charge in [0.25, 0.3) is 0 Å². The number of hydrogen-bond acceptors (Lipinski definition) is 4. The molecular weight excluding hydrogens is 1610 g/mol. The highest BCUT2D eigenvalue weighted by Gasteiger charge is 2.42. The number of benzene rings is 14. The van der Waals surface area contributed by atoms with Crippen molar-refractivity contribution in [2.45, 2.75) is 258 Å². The van der Waals surface area contributed by atoms with Gasteiger partial charge in [-0.3, -0.25) is 0 Å². The van der Waals surface area contributed by atoms with Gasteiger partial charge in [-0.25, -0.2) is 8.42 Å². The summed E-state index contributed by atoms with van der Waals surface area (Å²) in [5, 5.41) is 9.90. The lowest BCUT2D eigenvalue weighted by Crippen LogP contribution is -2.31. The summed E-state index contributed by atoms with van der Waals surface area (Å²) >= 11 is 0. The summed E-state index contributed by atoms with van der Waals surface area (Å²) in [5.41, 5.74) is 32.8. The highest BCUT2D eigenvalue weighted by Crippen LogP contribution is 2.58. The van der Waals surface area contributed by atoms with E-state index in [1.807, 2.05) is 48.5 Å². The van der Waals surface area contributed by atoms with Crippen molar-refractivity contribution in [3.8, 4) is 22.7 Å². The Balaban J connectivity index is 0.725. The van der Waals surface area contributed by atoms with Crippen LogP contribution < -0.4 is 9.80 Å². The molecule has 0 unspecified atom stereocenters. The first kappa shape index (κ1) is 86.8. The van der Waals surface area contributed by atoms with Crippen LogP contribution in [0.25, 0.3) is 110 Å². The Labute approximate surface area is 776 Å². The van der Waals surface area contributed by atoms with Gasteiger partial charge in [-0.1, -0.05) is 242 Å². The van der Waals surface area contributed by atoms with Gasteiger partial charge in [-0.05, 0) is 328 Å². The van der Waals surface area contributed by atoms with Gasteiger partial charge in [0.05, 0.1) is 76.7 Å². The minimum absolute atomic E-state index is 0.0544. The van der Waals surface area contributed by atoms with Crippen molar-refractivity contribution in [2.75, 3.05) is 9.80 Å². The van der Waals surface area contributed by atoms with Crippen LogP contribution in [0.15, 0.2) is 277 Å².